The molecular weight excluding hydrogens is 295 g/mol. The van der Waals surface area contributed by atoms with Crippen LogP contribution < -0.4 is 10.2 Å². The number of nitrogens with one attached hydrogen (secondary N) is 1. The van der Waals surface area contributed by atoms with Crippen LogP contribution in [0.15, 0.2) is 22.7 Å². The summed E-state index contributed by atoms with van der Waals surface area (Å²) in [6.07, 6.45) is 1.18. The molecule has 100 valence electrons. The maximum atomic E-state index is 13.2. The summed E-state index contributed by atoms with van der Waals surface area (Å²) in [5.41, 5.74) is 1.10. The fraction of sp³-hybridized carbons (Fsp3) is 0.571. The second kappa shape index (κ2) is 6.02. The van der Waals surface area contributed by atoms with E-state index in [2.05, 4.69) is 40.0 Å². The highest BCUT2D eigenvalue weighted by atomic mass is 79.9. The molecule has 0 bridgehead atoms. The number of halogens is 2. The van der Waals surface area contributed by atoms with Gasteiger partial charge >= 0.3 is 0 Å². The van der Waals surface area contributed by atoms with Crippen molar-refractivity contribution >= 4 is 21.6 Å². The molecule has 1 heterocycles. The molecule has 2 atom stereocenters. The quantitative estimate of drug-likeness (QED) is 0.919. The van der Waals surface area contributed by atoms with E-state index in [4.69, 9.17) is 0 Å². The molecule has 1 N–H and O–H groups in total. The van der Waals surface area contributed by atoms with E-state index in [1.807, 2.05) is 12.1 Å². The molecule has 2 nitrogen and oxygen atoms in total. The van der Waals surface area contributed by atoms with Gasteiger partial charge in [-0.2, -0.15) is 0 Å². The van der Waals surface area contributed by atoms with Gasteiger partial charge in [0.15, 0.2) is 0 Å². The van der Waals surface area contributed by atoms with Gasteiger partial charge in [0.1, 0.15) is 5.82 Å². The monoisotopic (exact) mass is 314 g/mol. The number of rotatable bonds is 3. The van der Waals surface area contributed by atoms with E-state index in [1.165, 1.54) is 12.5 Å². The molecule has 0 spiro atoms. The van der Waals surface area contributed by atoms with E-state index in [1.54, 1.807) is 0 Å². The summed E-state index contributed by atoms with van der Waals surface area (Å²) in [7, 11) is 0. The topological polar surface area (TPSA) is 15.3 Å². The van der Waals surface area contributed by atoms with Crippen molar-refractivity contribution in [2.75, 3.05) is 24.5 Å². The minimum Gasteiger partial charge on any atom is -0.369 e. The van der Waals surface area contributed by atoms with Gasteiger partial charge in [0, 0.05) is 31.4 Å². The van der Waals surface area contributed by atoms with Crippen LogP contribution in [0.1, 0.15) is 20.3 Å². The van der Waals surface area contributed by atoms with Crippen LogP contribution in [-0.4, -0.2) is 25.7 Å². The standard InChI is InChI=1S/C14H20BrFN2/c1-3-10(2)14-9-18(7-6-17-14)11-4-5-13(16)12(15)8-11/h4-5,8,10,14,17H,3,6-7,9H2,1-2H3. The Morgan fingerprint density at radius 1 is 1.56 bits per heavy atom. The predicted molar refractivity (Wildman–Crippen MR) is 77.6 cm³/mol. The van der Waals surface area contributed by atoms with Gasteiger partial charge in [-0.3, -0.25) is 0 Å². The van der Waals surface area contributed by atoms with Crippen molar-refractivity contribution in [3.05, 3.63) is 28.5 Å². The van der Waals surface area contributed by atoms with Crippen molar-refractivity contribution in [3.8, 4) is 0 Å². The summed E-state index contributed by atoms with van der Waals surface area (Å²) >= 11 is 3.25. The van der Waals surface area contributed by atoms with Gasteiger partial charge in [0.2, 0.25) is 0 Å². The minimum absolute atomic E-state index is 0.202. The van der Waals surface area contributed by atoms with Crippen LogP contribution in [0.25, 0.3) is 0 Å². The lowest BCUT2D eigenvalue weighted by Crippen LogP contribution is -2.53. The van der Waals surface area contributed by atoms with Crippen molar-refractivity contribution in [2.45, 2.75) is 26.3 Å². The number of piperazine rings is 1. The first-order chi connectivity index (χ1) is 8.61. The van der Waals surface area contributed by atoms with Gasteiger partial charge in [0.05, 0.1) is 4.47 Å². The second-order valence-electron chi connectivity index (χ2n) is 4.99. The van der Waals surface area contributed by atoms with E-state index in [0.717, 1.165) is 25.3 Å². The lowest BCUT2D eigenvalue weighted by atomic mass is 9.97. The predicted octanol–water partition coefficient (Wildman–Crippen LogP) is 3.41. The summed E-state index contributed by atoms with van der Waals surface area (Å²) in [5, 5.41) is 3.57. The smallest absolute Gasteiger partial charge is 0.137 e. The van der Waals surface area contributed by atoms with Crippen molar-refractivity contribution in [1.82, 2.24) is 5.32 Å². The normalized spacial score (nSPS) is 22.0. The molecule has 1 aromatic rings. The minimum atomic E-state index is -0.202. The third-order valence-electron chi connectivity index (χ3n) is 3.80. The molecule has 0 aliphatic carbocycles. The zero-order valence-corrected chi connectivity index (χ0v) is 12.5. The Hall–Kier alpha value is -0.610. The molecule has 0 saturated carbocycles. The van der Waals surface area contributed by atoms with Gasteiger partial charge in [-0.25, -0.2) is 4.39 Å². The first kappa shape index (κ1) is 13.8. The zero-order valence-electron chi connectivity index (χ0n) is 10.9. The lowest BCUT2D eigenvalue weighted by Gasteiger charge is -2.38. The van der Waals surface area contributed by atoms with Crippen molar-refractivity contribution in [2.24, 2.45) is 5.92 Å². The summed E-state index contributed by atoms with van der Waals surface area (Å²) in [5.74, 6) is 0.462. The van der Waals surface area contributed by atoms with Crippen LogP contribution in [-0.2, 0) is 0 Å². The molecule has 1 aliphatic rings. The van der Waals surface area contributed by atoms with E-state index in [0.29, 0.717) is 16.4 Å². The average Bonchev–Trinajstić information content (AvgIpc) is 2.41. The van der Waals surface area contributed by atoms with Crippen LogP contribution in [0.4, 0.5) is 10.1 Å². The van der Waals surface area contributed by atoms with Crippen LogP contribution in [0.5, 0.6) is 0 Å². The zero-order chi connectivity index (χ0) is 13.1. The fourth-order valence-electron chi connectivity index (χ4n) is 2.36. The highest BCUT2D eigenvalue weighted by Crippen LogP contribution is 2.25. The third kappa shape index (κ3) is 3.04. The van der Waals surface area contributed by atoms with Crippen LogP contribution in [0, 0.1) is 11.7 Å². The SMILES string of the molecule is CCC(C)C1CN(c2ccc(F)c(Br)c2)CCN1. The maximum Gasteiger partial charge on any atom is 0.137 e. The summed E-state index contributed by atoms with van der Waals surface area (Å²) < 4.78 is 13.8. The lowest BCUT2D eigenvalue weighted by molar-refractivity contribution is 0.342. The van der Waals surface area contributed by atoms with E-state index in [9.17, 15) is 4.39 Å². The Kier molecular flexibility index (Phi) is 4.62. The van der Waals surface area contributed by atoms with Gasteiger partial charge in [-0.1, -0.05) is 20.3 Å². The maximum absolute atomic E-state index is 13.2. The number of anilines is 1. The van der Waals surface area contributed by atoms with E-state index >= 15 is 0 Å². The molecule has 18 heavy (non-hydrogen) atoms. The van der Waals surface area contributed by atoms with Crippen LogP contribution in [0.3, 0.4) is 0 Å². The molecule has 1 aromatic carbocycles. The van der Waals surface area contributed by atoms with Gasteiger partial charge in [-0.15, -0.1) is 0 Å². The van der Waals surface area contributed by atoms with E-state index < -0.39 is 0 Å². The summed E-state index contributed by atoms with van der Waals surface area (Å²) in [6.45, 7) is 7.46. The number of benzene rings is 1. The Bertz CT molecular complexity index is 411. The molecule has 0 radical (unpaired) electrons. The second-order valence-corrected chi connectivity index (χ2v) is 5.84. The van der Waals surface area contributed by atoms with Crippen molar-refractivity contribution < 1.29 is 4.39 Å². The fourth-order valence-corrected chi connectivity index (χ4v) is 2.73. The number of hydrogen-bond donors (Lipinski definition) is 1. The third-order valence-corrected chi connectivity index (χ3v) is 4.41. The molecule has 4 heteroatoms. The Labute approximate surface area is 117 Å². The van der Waals surface area contributed by atoms with E-state index in [-0.39, 0.29) is 5.82 Å². The Balaban J connectivity index is 2.10. The largest absolute Gasteiger partial charge is 0.369 e. The number of nitrogens with zero attached hydrogens (tertiary/aromatic N) is 1. The van der Waals surface area contributed by atoms with Gasteiger partial charge < -0.3 is 10.2 Å². The number of hydrogen-bond acceptors (Lipinski definition) is 2. The van der Waals surface area contributed by atoms with Gasteiger partial charge in [0.25, 0.3) is 0 Å². The highest BCUT2D eigenvalue weighted by Gasteiger charge is 2.23. The average molecular weight is 315 g/mol. The van der Waals surface area contributed by atoms with Crippen molar-refractivity contribution in [3.63, 3.8) is 0 Å². The first-order valence-electron chi connectivity index (χ1n) is 6.55. The van der Waals surface area contributed by atoms with Crippen molar-refractivity contribution in [1.29, 1.82) is 0 Å². The molecule has 0 amide bonds. The molecular formula is C14H20BrFN2. The molecule has 1 fully saturated rings. The molecule has 1 aliphatic heterocycles. The Morgan fingerprint density at radius 3 is 3.00 bits per heavy atom. The molecule has 2 unspecified atom stereocenters. The summed E-state index contributed by atoms with van der Waals surface area (Å²) in [6, 6.07) is 5.78. The van der Waals surface area contributed by atoms with Gasteiger partial charge in [-0.05, 0) is 40.0 Å². The Morgan fingerprint density at radius 2 is 2.33 bits per heavy atom. The molecule has 0 aromatic heterocycles. The van der Waals surface area contributed by atoms with Crippen LogP contribution >= 0.6 is 15.9 Å². The summed E-state index contributed by atoms with van der Waals surface area (Å²) in [4.78, 5) is 2.33. The highest BCUT2D eigenvalue weighted by molar-refractivity contribution is 9.10. The van der Waals surface area contributed by atoms with Crippen LogP contribution in [0.2, 0.25) is 0 Å². The first-order valence-corrected chi connectivity index (χ1v) is 7.34. The molecule has 1 saturated heterocycles. The molecule has 2 rings (SSSR count).